The molecule has 0 N–H and O–H groups in total. The molecule has 2 aromatic rings. The van der Waals surface area contributed by atoms with E-state index in [2.05, 4.69) is 19.8 Å². The normalized spacial score (nSPS) is 14.9. The molecule has 0 spiro atoms. The van der Waals surface area contributed by atoms with Gasteiger partial charge in [-0.3, -0.25) is 9.78 Å². The number of Topliss-reactive ketones (excluding diaryl/α,β-unsaturated/α-hetero) is 1. The summed E-state index contributed by atoms with van der Waals surface area (Å²) in [7, 11) is 0. The van der Waals surface area contributed by atoms with E-state index in [-0.39, 0.29) is 5.78 Å². The average molecular weight is 310 g/mol. The van der Waals surface area contributed by atoms with Gasteiger partial charge >= 0.3 is 0 Å². The Morgan fingerprint density at radius 1 is 1.00 bits per heavy atom. The lowest BCUT2D eigenvalue weighted by Crippen LogP contribution is -2.47. The maximum atomic E-state index is 11.4. The van der Waals surface area contributed by atoms with E-state index in [4.69, 9.17) is 0 Å². The van der Waals surface area contributed by atoms with E-state index in [0.717, 1.165) is 48.9 Å². The average Bonchev–Trinajstić information content (AvgIpc) is 2.57. The molecule has 1 fully saturated rings. The van der Waals surface area contributed by atoms with Gasteiger partial charge in [0.15, 0.2) is 5.78 Å². The molecule has 0 amide bonds. The van der Waals surface area contributed by atoms with Crippen molar-refractivity contribution in [2.75, 3.05) is 36.0 Å². The highest BCUT2D eigenvalue weighted by Gasteiger charge is 2.20. The van der Waals surface area contributed by atoms with Gasteiger partial charge in [0.25, 0.3) is 0 Å². The van der Waals surface area contributed by atoms with Crippen LogP contribution in [0.1, 0.15) is 28.7 Å². The van der Waals surface area contributed by atoms with E-state index in [1.807, 2.05) is 44.3 Å². The van der Waals surface area contributed by atoms with Crippen LogP contribution in [0.2, 0.25) is 0 Å². The fourth-order valence-electron chi connectivity index (χ4n) is 2.91. The Hall–Kier alpha value is -2.43. The highest BCUT2D eigenvalue weighted by atomic mass is 16.1. The highest BCUT2D eigenvalue weighted by Crippen LogP contribution is 2.21. The van der Waals surface area contributed by atoms with Crippen molar-refractivity contribution in [1.82, 2.24) is 9.97 Å². The molecule has 0 saturated carbocycles. The zero-order chi connectivity index (χ0) is 16.4. The molecule has 1 saturated heterocycles. The van der Waals surface area contributed by atoms with E-state index >= 15 is 0 Å². The Kier molecular flexibility index (Phi) is 4.28. The molecule has 1 aliphatic heterocycles. The Morgan fingerprint density at radius 2 is 1.61 bits per heavy atom. The summed E-state index contributed by atoms with van der Waals surface area (Å²) in [5.74, 6) is 1.10. The van der Waals surface area contributed by atoms with Gasteiger partial charge < -0.3 is 9.80 Å². The lowest BCUT2D eigenvalue weighted by molar-refractivity contribution is 0.101. The van der Waals surface area contributed by atoms with Crippen molar-refractivity contribution >= 4 is 17.3 Å². The van der Waals surface area contributed by atoms with Crippen LogP contribution < -0.4 is 9.80 Å². The predicted octanol–water partition coefficient (Wildman–Crippen LogP) is 2.62. The number of hydrogen-bond acceptors (Lipinski definition) is 5. The van der Waals surface area contributed by atoms with Gasteiger partial charge in [-0.15, -0.1) is 0 Å². The minimum absolute atomic E-state index is 0.106. The molecular weight excluding hydrogens is 288 g/mol. The van der Waals surface area contributed by atoms with E-state index in [1.54, 1.807) is 6.92 Å². The van der Waals surface area contributed by atoms with Gasteiger partial charge in [0.1, 0.15) is 5.82 Å². The van der Waals surface area contributed by atoms with Crippen LogP contribution >= 0.6 is 0 Å². The Bertz CT molecular complexity index is 703. The highest BCUT2D eigenvalue weighted by molar-refractivity contribution is 5.94. The molecule has 0 bridgehead atoms. The van der Waals surface area contributed by atoms with E-state index in [1.165, 1.54) is 5.69 Å². The summed E-state index contributed by atoms with van der Waals surface area (Å²) in [6.45, 7) is 9.31. The Morgan fingerprint density at radius 3 is 2.22 bits per heavy atom. The quantitative estimate of drug-likeness (QED) is 0.816. The van der Waals surface area contributed by atoms with E-state index < -0.39 is 0 Å². The summed E-state index contributed by atoms with van der Waals surface area (Å²) in [5, 5.41) is 0. The molecule has 0 aliphatic carbocycles. The number of hydrogen-bond donors (Lipinski definition) is 0. The van der Waals surface area contributed by atoms with Crippen molar-refractivity contribution in [2.45, 2.75) is 20.8 Å². The summed E-state index contributed by atoms with van der Waals surface area (Å²) in [5.41, 5.74) is 3.86. The topological polar surface area (TPSA) is 49.3 Å². The van der Waals surface area contributed by atoms with Crippen LogP contribution in [-0.2, 0) is 0 Å². The summed E-state index contributed by atoms with van der Waals surface area (Å²) < 4.78 is 0. The van der Waals surface area contributed by atoms with Gasteiger partial charge in [-0.2, -0.15) is 0 Å². The monoisotopic (exact) mass is 310 g/mol. The van der Waals surface area contributed by atoms with E-state index in [0.29, 0.717) is 0 Å². The van der Waals surface area contributed by atoms with Gasteiger partial charge in [0.2, 0.25) is 0 Å². The summed E-state index contributed by atoms with van der Waals surface area (Å²) in [6, 6.07) is 7.87. The lowest BCUT2D eigenvalue weighted by Gasteiger charge is -2.37. The number of carbonyl (C=O) groups is 1. The maximum Gasteiger partial charge on any atom is 0.159 e. The zero-order valence-corrected chi connectivity index (χ0v) is 13.9. The third-order valence-corrected chi connectivity index (χ3v) is 4.27. The van der Waals surface area contributed by atoms with Crippen LogP contribution in [0.25, 0.3) is 0 Å². The first-order valence-electron chi connectivity index (χ1n) is 7.96. The summed E-state index contributed by atoms with van der Waals surface area (Å²) >= 11 is 0. The van der Waals surface area contributed by atoms with Crippen LogP contribution in [0.15, 0.2) is 30.5 Å². The first kappa shape index (κ1) is 15.5. The van der Waals surface area contributed by atoms with Crippen LogP contribution in [0.3, 0.4) is 0 Å². The fraction of sp³-hybridized carbons (Fsp3) is 0.389. The largest absolute Gasteiger partial charge is 0.368 e. The first-order chi connectivity index (χ1) is 11.0. The SMILES string of the molecule is CC(=O)c1ccc(N2CCN(c3nc(C)cnc3C)CC2)cc1. The van der Waals surface area contributed by atoms with Crippen LogP contribution in [0.4, 0.5) is 11.5 Å². The summed E-state index contributed by atoms with van der Waals surface area (Å²) in [4.78, 5) is 25.0. The predicted molar refractivity (Wildman–Crippen MR) is 92.4 cm³/mol. The number of aryl methyl sites for hydroxylation is 2. The molecule has 1 aliphatic rings. The van der Waals surface area contributed by atoms with Crippen molar-refractivity contribution in [3.63, 3.8) is 0 Å². The zero-order valence-electron chi connectivity index (χ0n) is 13.9. The fourth-order valence-corrected chi connectivity index (χ4v) is 2.91. The number of anilines is 2. The minimum Gasteiger partial charge on any atom is -0.368 e. The second kappa shape index (κ2) is 6.36. The van der Waals surface area contributed by atoms with Crippen LogP contribution in [0.5, 0.6) is 0 Å². The second-order valence-corrected chi connectivity index (χ2v) is 6.00. The Balaban J connectivity index is 1.68. The molecule has 2 heterocycles. The number of ketones is 1. The molecule has 3 rings (SSSR count). The minimum atomic E-state index is 0.106. The number of nitrogens with zero attached hydrogens (tertiary/aromatic N) is 4. The molecule has 5 nitrogen and oxygen atoms in total. The molecule has 1 aromatic heterocycles. The van der Waals surface area contributed by atoms with Gasteiger partial charge in [-0.25, -0.2) is 4.98 Å². The molecule has 0 unspecified atom stereocenters. The molecule has 1 aromatic carbocycles. The maximum absolute atomic E-state index is 11.4. The van der Waals surface area contributed by atoms with Crippen molar-refractivity contribution in [3.05, 3.63) is 47.4 Å². The molecule has 0 atom stereocenters. The van der Waals surface area contributed by atoms with Gasteiger partial charge in [-0.05, 0) is 45.0 Å². The molecule has 120 valence electrons. The lowest BCUT2D eigenvalue weighted by atomic mass is 10.1. The third-order valence-electron chi connectivity index (χ3n) is 4.27. The van der Waals surface area contributed by atoms with Gasteiger partial charge in [-0.1, -0.05) is 0 Å². The number of benzene rings is 1. The molecule has 23 heavy (non-hydrogen) atoms. The van der Waals surface area contributed by atoms with Crippen LogP contribution in [-0.4, -0.2) is 41.9 Å². The first-order valence-corrected chi connectivity index (χ1v) is 7.96. The number of piperazine rings is 1. The smallest absolute Gasteiger partial charge is 0.159 e. The summed E-state index contributed by atoms with van der Waals surface area (Å²) in [6.07, 6.45) is 1.81. The second-order valence-electron chi connectivity index (χ2n) is 6.00. The van der Waals surface area contributed by atoms with Crippen LogP contribution in [0, 0.1) is 13.8 Å². The van der Waals surface area contributed by atoms with Crippen molar-refractivity contribution in [3.8, 4) is 0 Å². The third kappa shape index (κ3) is 3.33. The van der Waals surface area contributed by atoms with Crippen molar-refractivity contribution in [2.24, 2.45) is 0 Å². The standard InChI is InChI=1S/C18H22N4O/c1-13-12-19-14(2)18(20-13)22-10-8-21(9-11-22)17-6-4-16(5-7-17)15(3)23/h4-7,12H,8-11H2,1-3H3. The molecule has 5 heteroatoms. The van der Waals surface area contributed by atoms with Crippen molar-refractivity contribution in [1.29, 1.82) is 0 Å². The number of carbonyl (C=O) groups excluding carboxylic acids is 1. The number of rotatable bonds is 3. The molecular formula is C18H22N4O. The molecule has 0 radical (unpaired) electrons. The van der Waals surface area contributed by atoms with E-state index in [9.17, 15) is 4.79 Å². The van der Waals surface area contributed by atoms with Gasteiger partial charge in [0.05, 0.1) is 11.4 Å². The van der Waals surface area contributed by atoms with Gasteiger partial charge in [0, 0.05) is 43.6 Å². The van der Waals surface area contributed by atoms with Crippen molar-refractivity contribution < 1.29 is 4.79 Å². The number of aromatic nitrogens is 2. The Labute approximate surface area is 137 Å².